The Morgan fingerprint density at radius 3 is 0.636 bits per heavy atom. The summed E-state index contributed by atoms with van der Waals surface area (Å²) in [5.74, 6) is 0. The second-order valence-electron chi connectivity index (χ2n) is 4.34. The molecule has 0 atom stereocenters. The van der Waals surface area contributed by atoms with Gasteiger partial charge >= 0.3 is 0 Å². The summed E-state index contributed by atoms with van der Waals surface area (Å²) in [6.45, 7) is 12.3. The Morgan fingerprint density at radius 2 is 0.636 bits per heavy atom. The molecular formula is C8H20HgS2. The molecule has 0 aliphatic heterocycles. The van der Waals surface area contributed by atoms with Gasteiger partial charge in [0.15, 0.2) is 0 Å². The first kappa shape index (κ1) is 18.4. The minimum Gasteiger partial charge on any atom is -0.173 e. The van der Waals surface area contributed by atoms with Gasteiger partial charge in [0.2, 0.25) is 0 Å². The molecule has 0 saturated carbocycles. The van der Waals surface area contributed by atoms with Crippen LogP contribution in [0.3, 0.4) is 0 Å². The van der Waals surface area contributed by atoms with Crippen LogP contribution in [0.5, 0.6) is 0 Å². The summed E-state index contributed by atoms with van der Waals surface area (Å²) in [7, 11) is 0. The zero-order valence-electron chi connectivity index (χ0n) is 8.60. The molecule has 0 aliphatic carbocycles. The summed E-state index contributed by atoms with van der Waals surface area (Å²) in [5.41, 5.74) is 0. The summed E-state index contributed by atoms with van der Waals surface area (Å²) in [5, 5.41) is 0. The minimum atomic E-state index is 0. The van der Waals surface area contributed by atoms with Crippen LogP contribution in [-0.2, 0) is 27.7 Å². The third-order valence-corrected chi connectivity index (χ3v) is 0. The van der Waals surface area contributed by atoms with E-state index in [4.69, 9.17) is 0 Å². The molecule has 0 rings (SSSR count). The van der Waals surface area contributed by atoms with Gasteiger partial charge in [0.25, 0.3) is 0 Å². The maximum atomic E-state index is 4.12. The zero-order chi connectivity index (χ0) is 9.00. The molecular weight excluding hydrogens is 361 g/mol. The molecule has 3 heteroatoms. The van der Waals surface area contributed by atoms with Crippen molar-refractivity contribution in [1.29, 1.82) is 0 Å². The van der Waals surface area contributed by atoms with Gasteiger partial charge in [0.05, 0.1) is 0 Å². The van der Waals surface area contributed by atoms with Crippen LogP contribution in [0.4, 0.5) is 0 Å². The van der Waals surface area contributed by atoms with E-state index in [1.165, 1.54) is 0 Å². The van der Waals surface area contributed by atoms with Gasteiger partial charge in [-0.2, -0.15) is 25.3 Å². The Balaban J connectivity index is -0.000000107. The van der Waals surface area contributed by atoms with Gasteiger partial charge in [0.1, 0.15) is 0 Å². The van der Waals surface area contributed by atoms with Crippen LogP contribution >= 0.6 is 25.3 Å². The van der Waals surface area contributed by atoms with E-state index in [0.717, 1.165) is 0 Å². The second kappa shape index (κ2) is 7.08. The van der Waals surface area contributed by atoms with Gasteiger partial charge in [-0.15, -0.1) is 0 Å². The molecule has 0 spiro atoms. The third-order valence-electron chi connectivity index (χ3n) is 0. The predicted octanol–water partition coefficient (Wildman–Crippen LogP) is 3.43. The Kier molecular flexibility index (Phi) is 11.9. The molecule has 0 saturated heterocycles. The molecule has 0 radical (unpaired) electrons. The summed E-state index contributed by atoms with van der Waals surface area (Å²) >= 11 is 8.25. The van der Waals surface area contributed by atoms with Crippen molar-refractivity contribution >= 4 is 25.3 Å². The van der Waals surface area contributed by atoms with E-state index in [2.05, 4.69) is 66.8 Å². The van der Waals surface area contributed by atoms with Crippen molar-refractivity contribution in [2.24, 2.45) is 0 Å². The SMILES string of the molecule is CC(C)(C)S.CC(C)(C)S.[Hg]. The van der Waals surface area contributed by atoms with Crippen LogP contribution in [0.25, 0.3) is 0 Å². The van der Waals surface area contributed by atoms with Gasteiger partial charge in [-0.25, -0.2) is 0 Å². The number of hydrogen-bond donors (Lipinski definition) is 2. The van der Waals surface area contributed by atoms with E-state index in [0.29, 0.717) is 0 Å². The van der Waals surface area contributed by atoms with E-state index in [-0.39, 0.29) is 37.2 Å². The van der Waals surface area contributed by atoms with Crippen molar-refractivity contribution < 1.29 is 27.7 Å². The molecule has 0 aliphatic rings. The molecule has 0 aromatic heterocycles. The number of rotatable bonds is 0. The van der Waals surface area contributed by atoms with Gasteiger partial charge in [0, 0.05) is 37.2 Å². The molecule has 0 bridgehead atoms. The average Bonchev–Trinajstić information content (AvgIpc) is 1.12. The monoisotopic (exact) mass is 382 g/mol. The fourth-order valence-corrected chi connectivity index (χ4v) is 0. The molecule has 0 aromatic carbocycles. The van der Waals surface area contributed by atoms with Crippen LogP contribution in [0, 0.1) is 0 Å². The van der Waals surface area contributed by atoms with Crippen molar-refractivity contribution in [3.8, 4) is 0 Å². The minimum absolute atomic E-state index is 0. The molecule has 0 aromatic rings. The van der Waals surface area contributed by atoms with Crippen molar-refractivity contribution in [3.63, 3.8) is 0 Å². The molecule has 0 heterocycles. The number of hydrogen-bond acceptors (Lipinski definition) is 2. The summed E-state index contributed by atoms with van der Waals surface area (Å²) in [4.78, 5) is 0. The predicted molar refractivity (Wildman–Crippen MR) is 57.5 cm³/mol. The summed E-state index contributed by atoms with van der Waals surface area (Å²) in [6, 6.07) is 0. The summed E-state index contributed by atoms with van der Waals surface area (Å²) < 4.78 is 0.389. The fraction of sp³-hybridized carbons (Fsp3) is 1.00. The molecule has 11 heavy (non-hydrogen) atoms. The molecule has 0 amide bonds. The first-order chi connectivity index (χ1) is 4.00. The maximum absolute atomic E-state index is 4.12. The van der Waals surface area contributed by atoms with E-state index in [1.807, 2.05) is 0 Å². The first-order valence-corrected chi connectivity index (χ1v) is 4.34. The number of thiol groups is 2. The van der Waals surface area contributed by atoms with E-state index in [1.54, 1.807) is 0 Å². The topological polar surface area (TPSA) is 0 Å². The second-order valence-corrected chi connectivity index (χ2v) is 7.02. The van der Waals surface area contributed by atoms with Crippen molar-refractivity contribution in [1.82, 2.24) is 0 Å². The third kappa shape index (κ3) is 404. The Bertz CT molecular complexity index is 55.1. The quantitative estimate of drug-likeness (QED) is 0.467. The first-order valence-electron chi connectivity index (χ1n) is 3.45. The van der Waals surface area contributed by atoms with Crippen molar-refractivity contribution in [2.45, 2.75) is 51.0 Å². The Hall–Kier alpha value is 1.64. The molecule has 0 N–H and O–H groups in total. The van der Waals surface area contributed by atoms with Gasteiger partial charge in [-0.1, -0.05) is 41.5 Å². The van der Waals surface area contributed by atoms with Gasteiger partial charge < -0.3 is 0 Å². The van der Waals surface area contributed by atoms with Gasteiger partial charge in [-0.3, -0.25) is 0 Å². The van der Waals surface area contributed by atoms with E-state index < -0.39 is 0 Å². The molecule has 66 valence electrons. The van der Waals surface area contributed by atoms with Crippen LogP contribution in [0.1, 0.15) is 41.5 Å². The van der Waals surface area contributed by atoms with Crippen LogP contribution in [-0.4, -0.2) is 9.49 Å². The smallest absolute Gasteiger partial charge is 0.00449 e. The van der Waals surface area contributed by atoms with Gasteiger partial charge in [-0.05, 0) is 0 Å². The molecule has 0 unspecified atom stereocenters. The van der Waals surface area contributed by atoms with Crippen LogP contribution in [0.15, 0.2) is 0 Å². The largest absolute Gasteiger partial charge is 0.173 e. The zero-order valence-corrected chi connectivity index (χ0v) is 15.9. The van der Waals surface area contributed by atoms with E-state index in [9.17, 15) is 0 Å². The molecule has 0 nitrogen and oxygen atoms in total. The van der Waals surface area contributed by atoms with Crippen molar-refractivity contribution in [3.05, 3.63) is 0 Å². The normalized spacial score (nSPS) is 10.9. The maximum Gasteiger partial charge on any atom is 0.00449 e. The average molecular weight is 381 g/mol. The van der Waals surface area contributed by atoms with Crippen molar-refractivity contribution in [2.75, 3.05) is 0 Å². The van der Waals surface area contributed by atoms with Crippen LogP contribution < -0.4 is 0 Å². The van der Waals surface area contributed by atoms with Crippen LogP contribution in [0.2, 0.25) is 0 Å². The van der Waals surface area contributed by atoms with E-state index >= 15 is 0 Å². The Morgan fingerprint density at radius 1 is 0.636 bits per heavy atom. The standard InChI is InChI=1S/2C4H10S.Hg/c2*1-4(2,3)5;/h2*5H,1-3H3;. The Labute approximate surface area is 103 Å². The molecule has 0 fully saturated rings. The summed E-state index contributed by atoms with van der Waals surface area (Å²) in [6.07, 6.45) is 0. The fourth-order valence-electron chi connectivity index (χ4n) is 0.